The molecule has 0 atom stereocenters. The molecule has 1 aromatic rings. The van der Waals surface area contributed by atoms with E-state index in [1.807, 2.05) is 6.92 Å². The van der Waals surface area contributed by atoms with Gasteiger partial charge < -0.3 is 16.4 Å². The lowest BCUT2D eigenvalue weighted by Gasteiger charge is -2.20. The minimum absolute atomic E-state index is 0.0966. The second-order valence-electron chi connectivity index (χ2n) is 2.75. The van der Waals surface area contributed by atoms with Gasteiger partial charge in [0.25, 0.3) is 0 Å². The van der Waals surface area contributed by atoms with Crippen LogP contribution in [0.25, 0.3) is 0 Å². The van der Waals surface area contributed by atoms with Gasteiger partial charge in [-0.2, -0.15) is 0 Å². The summed E-state index contributed by atoms with van der Waals surface area (Å²) in [4.78, 5) is 20.3. The summed E-state index contributed by atoms with van der Waals surface area (Å²) in [6, 6.07) is 0. The van der Waals surface area contributed by atoms with Crippen molar-refractivity contribution in [1.29, 1.82) is 0 Å². The van der Waals surface area contributed by atoms with E-state index in [1.54, 1.807) is 4.90 Å². The average molecular weight is 195 g/mol. The average Bonchev–Trinajstić information content (AvgIpc) is 2.15. The van der Waals surface area contributed by atoms with Crippen molar-refractivity contribution < 1.29 is 4.79 Å². The van der Waals surface area contributed by atoms with Gasteiger partial charge in [0.15, 0.2) is 11.6 Å². The maximum absolute atomic E-state index is 10.7. The number of carbonyl (C=O) groups excluding carboxylic acids is 1. The standard InChI is InChI=1S/C8H13N5O/c1-2-13(5-6(9)14)8-7(10)11-3-4-12-8/h3-4H,2,5H2,1H3,(H2,9,14)(H2,10,11). The number of anilines is 2. The third-order valence-corrected chi connectivity index (χ3v) is 1.73. The van der Waals surface area contributed by atoms with Crippen molar-refractivity contribution in [3.63, 3.8) is 0 Å². The predicted molar refractivity (Wildman–Crippen MR) is 53.5 cm³/mol. The van der Waals surface area contributed by atoms with Gasteiger partial charge in [0, 0.05) is 18.9 Å². The molecule has 0 aliphatic rings. The largest absolute Gasteiger partial charge is 0.381 e. The molecule has 0 unspecified atom stereocenters. The number of primary amides is 1. The van der Waals surface area contributed by atoms with Crippen molar-refractivity contribution >= 4 is 17.5 Å². The second kappa shape index (κ2) is 4.40. The Morgan fingerprint density at radius 3 is 2.64 bits per heavy atom. The van der Waals surface area contributed by atoms with Gasteiger partial charge >= 0.3 is 0 Å². The van der Waals surface area contributed by atoms with E-state index in [0.717, 1.165) is 0 Å². The highest BCUT2D eigenvalue weighted by molar-refractivity contribution is 5.80. The van der Waals surface area contributed by atoms with Crippen LogP contribution in [0.2, 0.25) is 0 Å². The topological polar surface area (TPSA) is 98.1 Å². The zero-order valence-corrected chi connectivity index (χ0v) is 7.97. The van der Waals surface area contributed by atoms with Crippen LogP contribution in [-0.4, -0.2) is 29.0 Å². The van der Waals surface area contributed by atoms with Gasteiger partial charge in [-0.15, -0.1) is 0 Å². The van der Waals surface area contributed by atoms with Crippen molar-refractivity contribution in [2.24, 2.45) is 5.73 Å². The van der Waals surface area contributed by atoms with Crippen LogP contribution >= 0.6 is 0 Å². The van der Waals surface area contributed by atoms with Crippen molar-refractivity contribution in [3.8, 4) is 0 Å². The number of likely N-dealkylation sites (N-methyl/N-ethyl adjacent to an activating group) is 1. The van der Waals surface area contributed by atoms with Crippen LogP contribution < -0.4 is 16.4 Å². The first-order valence-electron chi connectivity index (χ1n) is 4.25. The van der Waals surface area contributed by atoms with Crippen LogP contribution in [0.3, 0.4) is 0 Å². The Kier molecular flexibility index (Phi) is 3.22. The fourth-order valence-electron chi connectivity index (χ4n) is 1.11. The van der Waals surface area contributed by atoms with Gasteiger partial charge in [-0.1, -0.05) is 0 Å². The maximum Gasteiger partial charge on any atom is 0.237 e. The molecule has 0 aliphatic heterocycles. The number of amides is 1. The molecule has 6 heteroatoms. The number of rotatable bonds is 4. The number of hydrogen-bond acceptors (Lipinski definition) is 5. The summed E-state index contributed by atoms with van der Waals surface area (Å²) in [6.45, 7) is 2.59. The molecule has 0 spiro atoms. The van der Waals surface area contributed by atoms with Crippen LogP contribution in [-0.2, 0) is 4.79 Å². The SMILES string of the molecule is CCN(CC(N)=O)c1nccnc1N. The smallest absolute Gasteiger partial charge is 0.237 e. The minimum atomic E-state index is -0.420. The third kappa shape index (κ3) is 2.32. The van der Waals surface area contributed by atoms with E-state index in [1.165, 1.54) is 12.4 Å². The molecule has 0 fully saturated rings. The van der Waals surface area contributed by atoms with Gasteiger partial charge in [-0.25, -0.2) is 9.97 Å². The van der Waals surface area contributed by atoms with Crippen LogP contribution in [0.4, 0.5) is 11.6 Å². The Balaban J connectivity index is 2.89. The van der Waals surface area contributed by atoms with E-state index in [-0.39, 0.29) is 6.54 Å². The molecule has 0 bridgehead atoms. The summed E-state index contributed by atoms with van der Waals surface area (Å²) < 4.78 is 0. The molecule has 1 rings (SSSR count). The summed E-state index contributed by atoms with van der Waals surface area (Å²) in [5, 5.41) is 0. The molecule has 1 heterocycles. The van der Waals surface area contributed by atoms with E-state index < -0.39 is 5.91 Å². The zero-order chi connectivity index (χ0) is 10.6. The molecule has 6 nitrogen and oxygen atoms in total. The van der Waals surface area contributed by atoms with Crippen LogP contribution in [0.5, 0.6) is 0 Å². The maximum atomic E-state index is 10.7. The molecule has 0 saturated carbocycles. The number of nitrogens with zero attached hydrogens (tertiary/aromatic N) is 3. The van der Waals surface area contributed by atoms with E-state index in [9.17, 15) is 4.79 Å². The number of nitrogens with two attached hydrogens (primary N) is 2. The zero-order valence-electron chi connectivity index (χ0n) is 7.97. The Morgan fingerprint density at radius 2 is 2.14 bits per heavy atom. The first-order valence-corrected chi connectivity index (χ1v) is 4.25. The lowest BCUT2D eigenvalue weighted by atomic mass is 10.4. The fraction of sp³-hybridized carbons (Fsp3) is 0.375. The minimum Gasteiger partial charge on any atom is -0.381 e. The van der Waals surface area contributed by atoms with E-state index >= 15 is 0 Å². The second-order valence-corrected chi connectivity index (χ2v) is 2.75. The summed E-state index contributed by atoms with van der Waals surface area (Å²) in [5.74, 6) is 0.376. The Morgan fingerprint density at radius 1 is 1.50 bits per heavy atom. The summed E-state index contributed by atoms with van der Waals surface area (Å²) in [7, 11) is 0. The van der Waals surface area contributed by atoms with Gasteiger partial charge in [0.05, 0.1) is 6.54 Å². The number of carbonyl (C=O) groups is 1. The third-order valence-electron chi connectivity index (χ3n) is 1.73. The lowest BCUT2D eigenvalue weighted by Crippen LogP contribution is -2.34. The molecule has 0 aliphatic carbocycles. The molecule has 4 N–H and O–H groups in total. The Hall–Kier alpha value is -1.85. The van der Waals surface area contributed by atoms with Gasteiger partial charge in [0.2, 0.25) is 5.91 Å². The molecular formula is C8H13N5O. The molecule has 0 aromatic carbocycles. The molecular weight excluding hydrogens is 182 g/mol. The lowest BCUT2D eigenvalue weighted by molar-refractivity contribution is -0.116. The van der Waals surface area contributed by atoms with Crippen molar-refractivity contribution in [1.82, 2.24) is 9.97 Å². The van der Waals surface area contributed by atoms with Gasteiger partial charge in [-0.05, 0) is 6.92 Å². The quantitative estimate of drug-likeness (QED) is 0.666. The summed E-state index contributed by atoms with van der Waals surface area (Å²) in [6.07, 6.45) is 3.02. The number of nitrogen functional groups attached to an aromatic ring is 1. The molecule has 1 amide bonds. The van der Waals surface area contributed by atoms with Crippen LogP contribution in [0.1, 0.15) is 6.92 Å². The van der Waals surface area contributed by atoms with Crippen molar-refractivity contribution in [2.45, 2.75) is 6.92 Å². The van der Waals surface area contributed by atoms with E-state index in [4.69, 9.17) is 11.5 Å². The Bertz CT molecular complexity index is 327. The van der Waals surface area contributed by atoms with Crippen molar-refractivity contribution in [3.05, 3.63) is 12.4 Å². The number of hydrogen-bond donors (Lipinski definition) is 2. The fourth-order valence-corrected chi connectivity index (χ4v) is 1.11. The molecule has 0 radical (unpaired) electrons. The summed E-state index contributed by atoms with van der Waals surface area (Å²) in [5.41, 5.74) is 10.7. The predicted octanol–water partition coefficient (Wildman–Crippen LogP) is -0.630. The van der Waals surface area contributed by atoms with E-state index in [2.05, 4.69) is 9.97 Å². The van der Waals surface area contributed by atoms with Gasteiger partial charge in [0.1, 0.15) is 0 Å². The molecule has 14 heavy (non-hydrogen) atoms. The highest BCUT2D eigenvalue weighted by Crippen LogP contribution is 2.15. The van der Waals surface area contributed by atoms with Crippen molar-refractivity contribution in [2.75, 3.05) is 23.7 Å². The molecule has 0 saturated heterocycles. The highest BCUT2D eigenvalue weighted by Gasteiger charge is 2.11. The van der Waals surface area contributed by atoms with E-state index in [0.29, 0.717) is 18.2 Å². The van der Waals surface area contributed by atoms with Crippen LogP contribution in [0, 0.1) is 0 Å². The van der Waals surface area contributed by atoms with Gasteiger partial charge in [-0.3, -0.25) is 4.79 Å². The monoisotopic (exact) mass is 195 g/mol. The highest BCUT2D eigenvalue weighted by atomic mass is 16.1. The summed E-state index contributed by atoms with van der Waals surface area (Å²) >= 11 is 0. The molecule has 1 aromatic heterocycles. The normalized spacial score (nSPS) is 9.79. The molecule has 76 valence electrons. The number of aromatic nitrogens is 2. The Labute approximate surface area is 81.9 Å². The first kappa shape index (κ1) is 10.2. The first-order chi connectivity index (χ1) is 6.65. The van der Waals surface area contributed by atoms with Crippen LogP contribution in [0.15, 0.2) is 12.4 Å².